The van der Waals surface area contributed by atoms with Crippen LogP contribution < -0.4 is 5.32 Å². The minimum Gasteiger partial charge on any atom is -0.314 e. The lowest BCUT2D eigenvalue weighted by Gasteiger charge is -2.19. The molecular formula is C5H9N5OS2. The van der Waals surface area contributed by atoms with E-state index in [9.17, 15) is 4.21 Å². The predicted octanol–water partition coefficient (Wildman–Crippen LogP) is -1.03. The van der Waals surface area contributed by atoms with Gasteiger partial charge in [0.1, 0.15) is 15.4 Å². The topological polar surface area (TPSA) is 83.6 Å². The second-order valence-corrected chi connectivity index (χ2v) is 5.63. The summed E-state index contributed by atoms with van der Waals surface area (Å²) in [6.45, 7) is 1.72. The first-order valence-corrected chi connectivity index (χ1v) is 6.10. The van der Waals surface area contributed by atoms with Crippen molar-refractivity contribution in [3.05, 3.63) is 0 Å². The van der Waals surface area contributed by atoms with Crippen LogP contribution in [0.5, 0.6) is 0 Å². The number of thioether (sulfide) groups is 1. The van der Waals surface area contributed by atoms with Gasteiger partial charge < -0.3 is 5.32 Å². The fraction of sp³-hybridized carbons (Fsp3) is 0.800. The van der Waals surface area contributed by atoms with Crippen LogP contribution in [0.2, 0.25) is 0 Å². The number of hydrogen-bond acceptors (Lipinski definition) is 6. The zero-order valence-corrected chi connectivity index (χ0v) is 8.40. The highest BCUT2D eigenvalue weighted by molar-refractivity contribution is 8.11. The Morgan fingerprint density at radius 1 is 1.62 bits per heavy atom. The number of aromatic amines is 1. The van der Waals surface area contributed by atoms with Crippen LogP contribution in [0.25, 0.3) is 0 Å². The summed E-state index contributed by atoms with van der Waals surface area (Å²) in [5.41, 5.74) is 0. The summed E-state index contributed by atoms with van der Waals surface area (Å²) in [7, 11) is -1.15. The third-order valence-corrected chi connectivity index (χ3v) is 4.73. The van der Waals surface area contributed by atoms with Crippen LogP contribution in [0.3, 0.4) is 0 Å². The highest BCUT2D eigenvalue weighted by Gasteiger charge is 2.24. The van der Waals surface area contributed by atoms with Crippen LogP contribution >= 0.6 is 11.8 Å². The maximum Gasteiger partial charge on any atom is 0.261 e. The highest BCUT2D eigenvalue weighted by atomic mass is 32.2. The van der Waals surface area contributed by atoms with Crippen molar-refractivity contribution < 1.29 is 4.21 Å². The van der Waals surface area contributed by atoms with Gasteiger partial charge in [0.2, 0.25) is 0 Å². The molecular weight excluding hydrogens is 210 g/mol. The lowest BCUT2D eigenvalue weighted by Crippen LogP contribution is -2.35. The molecule has 2 unspecified atom stereocenters. The van der Waals surface area contributed by atoms with E-state index in [0.29, 0.717) is 5.16 Å². The van der Waals surface area contributed by atoms with E-state index in [0.717, 1.165) is 18.8 Å². The molecule has 0 radical (unpaired) electrons. The van der Waals surface area contributed by atoms with Gasteiger partial charge in [-0.2, -0.15) is 5.21 Å². The van der Waals surface area contributed by atoms with E-state index in [4.69, 9.17) is 0 Å². The monoisotopic (exact) mass is 219 g/mol. The Morgan fingerprint density at radius 2 is 2.54 bits per heavy atom. The summed E-state index contributed by atoms with van der Waals surface area (Å²) in [5.74, 6) is 0.980. The average molecular weight is 219 g/mol. The van der Waals surface area contributed by atoms with Crippen molar-refractivity contribution in [1.82, 2.24) is 25.9 Å². The predicted molar refractivity (Wildman–Crippen MR) is 49.7 cm³/mol. The van der Waals surface area contributed by atoms with Gasteiger partial charge in [-0.3, -0.25) is 0 Å². The molecule has 1 aromatic heterocycles. The first-order valence-electron chi connectivity index (χ1n) is 3.84. The number of nitrogens with zero attached hydrogens (tertiary/aromatic N) is 3. The normalized spacial score (nSPS) is 25.7. The number of aromatic nitrogens is 4. The molecule has 1 aromatic rings. The molecule has 2 rings (SSSR count). The van der Waals surface area contributed by atoms with E-state index < -0.39 is 10.8 Å². The lowest BCUT2D eigenvalue weighted by molar-refractivity contribution is 0.662. The van der Waals surface area contributed by atoms with E-state index in [1.54, 1.807) is 11.8 Å². The smallest absolute Gasteiger partial charge is 0.261 e. The Morgan fingerprint density at radius 3 is 3.15 bits per heavy atom. The summed E-state index contributed by atoms with van der Waals surface area (Å²) >= 11 is 1.69. The van der Waals surface area contributed by atoms with Gasteiger partial charge >= 0.3 is 0 Å². The van der Waals surface area contributed by atoms with Crippen LogP contribution in [0.4, 0.5) is 0 Å². The van der Waals surface area contributed by atoms with Gasteiger partial charge in [0.25, 0.3) is 5.16 Å². The number of H-pyrrole nitrogens is 1. The summed E-state index contributed by atoms with van der Waals surface area (Å²) in [6, 6.07) is 0. The van der Waals surface area contributed by atoms with Crippen LogP contribution in [0.1, 0.15) is 0 Å². The molecule has 0 aliphatic carbocycles. The molecule has 2 heterocycles. The Labute approximate surface area is 81.7 Å². The van der Waals surface area contributed by atoms with Crippen LogP contribution in [-0.4, -0.2) is 48.3 Å². The maximum absolute atomic E-state index is 11.7. The van der Waals surface area contributed by atoms with E-state index in [1.165, 1.54) is 0 Å². The molecule has 0 spiro atoms. The molecule has 1 saturated heterocycles. The van der Waals surface area contributed by atoms with Crippen LogP contribution in [0, 0.1) is 0 Å². The molecule has 72 valence electrons. The summed E-state index contributed by atoms with van der Waals surface area (Å²) in [4.78, 5) is 0. The molecule has 0 aromatic carbocycles. The average Bonchev–Trinajstić information content (AvgIpc) is 2.71. The first-order chi connectivity index (χ1) is 6.38. The van der Waals surface area contributed by atoms with Gasteiger partial charge in [0.05, 0.1) is 0 Å². The van der Waals surface area contributed by atoms with E-state index in [-0.39, 0.29) is 4.58 Å². The van der Waals surface area contributed by atoms with E-state index >= 15 is 0 Å². The van der Waals surface area contributed by atoms with Gasteiger partial charge in [-0.15, -0.1) is 16.9 Å². The second kappa shape index (κ2) is 4.16. The van der Waals surface area contributed by atoms with Gasteiger partial charge in [-0.05, 0) is 5.21 Å². The Hall–Kier alpha value is -0.470. The largest absolute Gasteiger partial charge is 0.314 e. The molecule has 2 N–H and O–H groups in total. The fourth-order valence-electron chi connectivity index (χ4n) is 1.03. The quantitative estimate of drug-likeness (QED) is 0.662. The Kier molecular flexibility index (Phi) is 2.91. The van der Waals surface area contributed by atoms with Gasteiger partial charge in [-0.1, -0.05) is 5.10 Å². The Balaban J connectivity index is 2.04. The molecule has 1 fully saturated rings. The van der Waals surface area contributed by atoms with Crippen molar-refractivity contribution in [2.75, 3.05) is 18.8 Å². The standard InChI is InChI=1S/C5H9N5OS2/c11-13(5-7-9-10-8-5)4-3-6-1-2-12-4/h4,6H,1-3H2,(H,7,8,9,10). The van der Waals surface area contributed by atoms with Crippen molar-refractivity contribution in [3.8, 4) is 0 Å². The molecule has 6 nitrogen and oxygen atoms in total. The van der Waals surface area contributed by atoms with Crippen molar-refractivity contribution in [1.29, 1.82) is 0 Å². The Bertz CT molecular complexity index is 283. The summed E-state index contributed by atoms with van der Waals surface area (Å²) in [6.07, 6.45) is 0. The number of hydrogen-bond donors (Lipinski definition) is 2. The third kappa shape index (κ3) is 2.06. The molecule has 0 saturated carbocycles. The minimum atomic E-state index is -1.15. The number of nitrogens with one attached hydrogen (secondary N) is 2. The second-order valence-electron chi connectivity index (χ2n) is 2.50. The van der Waals surface area contributed by atoms with Gasteiger partial charge in [0, 0.05) is 18.8 Å². The van der Waals surface area contributed by atoms with Crippen LogP contribution in [-0.2, 0) is 10.8 Å². The highest BCUT2D eigenvalue weighted by Crippen LogP contribution is 2.19. The zero-order valence-electron chi connectivity index (χ0n) is 6.77. The third-order valence-electron chi connectivity index (χ3n) is 1.64. The molecule has 8 heteroatoms. The van der Waals surface area contributed by atoms with Crippen molar-refractivity contribution >= 4 is 22.6 Å². The molecule has 1 aliphatic heterocycles. The zero-order chi connectivity index (χ0) is 9.10. The van der Waals surface area contributed by atoms with E-state index in [1.807, 2.05) is 0 Å². The first kappa shape index (κ1) is 9.10. The number of tetrazole rings is 1. The van der Waals surface area contributed by atoms with Crippen molar-refractivity contribution in [2.24, 2.45) is 0 Å². The van der Waals surface area contributed by atoms with Gasteiger partial charge in [0.15, 0.2) is 0 Å². The maximum atomic E-state index is 11.7. The SMILES string of the molecule is O=S(c1nn[nH]n1)C1CNCCS1. The summed E-state index contributed by atoms with van der Waals surface area (Å²) < 4.78 is 11.8. The summed E-state index contributed by atoms with van der Waals surface area (Å²) in [5, 5.41) is 16.6. The molecule has 0 bridgehead atoms. The number of rotatable bonds is 2. The van der Waals surface area contributed by atoms with Gasteiger partial charge in [-0.25, -0.2) is 4.21 Å². The molecule has 2 atom stereocenters. The van der Waals surface area contributed by atoms with Crippen molar-refractivity contribution in [3.63, 3.8) is 0 Å². The minimum absolute atomic E-state index is 0.0475. The van der Waals surface area contributed by atoms with Crippen molar-refractivity contribution in [2.45, 2.75) is 9.74 Å². The van der Waals surface area contributed by atoms with Crippen LogP contribution in [0.15, 0.2) is 5.16 Å². The molecule has 13 heavy (non-hydrogen) atoms. The fourth-order valence-corrected chi connectivity index (χ4v) is 3.59. The lowest BCUT2D eigenvalue weighted by atomic mass is 10.6. The molecule has 1 aliphatic rings. The molecule has 0 amide bonds. The van der Waals surface area contributed by atoms with E-state index in [2.05, 4.69) is 25.9 Å².